The minimum atomic E-state index is -0.926. The number of benzene rings is 1. The number of hydrogen-bond acceptors (Lipinski definition) is 4. The van der Waals surface area contributed by atoms with Gasteiger partial charge in [0, 0.05) is 42.4 Å². The van der Waals surface area contributed by atoms with E-state index in [1.165, 1.54) is 12.1 Å². The van der Waals surface area contributed by atoms with Crippen molar-refractivity contribution in [2.24, 2.45) is 5.92 Å². The van der Waals surface area contributed by atoms with Gasteiger partial charge in [-0.05, 0) is 64.1 Å². The first-order chi connectivity index (χ1) is 14.4. The first kappa shape index (κ1) is 21.1. The fourth-order valence-electron chi connectivity index (χ4n) is 4.78. The number of piperidine rings is 1. The molecule has 5 nitrogen and oxygen atoms in total. The zero-order chi connectivity index (χ0) is 21.3. The number of likely N-dealkylation sites (tertiary alicyclic amines) is 1. The van der Waals surface area contributed by atoms with Gasteiger partial charge < -0.3 is 10.0 Å². The van der Waals surface area contributed by atoms with Crippen LogP contribution in [0.1, 0.15) is 54.4 Å². The van der Waals surface area contributed by atoms with Gasteiger partial charge in [0.2, 0.25) is 0 Å². The van der Waals surface area contributed by atoms with Gasteiger partial charge in [0.25, 0.3) is 5.56 Å². The lowest BCUT2D eigenvalue weighted by Gasteiger charge is -2.34. The molecule has 1 fully saturated rings. The highest BCUT2D eigenvalue weighted by Crippen LogP contribution is 2.32. The van der Waals surface area contributed by atoms with Gasteiger partial charge in [0.05, 0.1) is 6.10 Å². The van der Waals surface area contributed by atoms with Crippen LogP contribution in [0.3, 0.4) is 0 Å². The second-order valence-corrected chi connectivity index (χ2v) is 8.55. The second kappa shape index (κ2) is 8.94. The standard InChI is InChI=1S/C23H29F2N3O2/c1-15-18(23(30)28-10-3-2-4-21(28)26-15)9-13-27-11-7-16(8-12-27)22(29)19-6-5-17(24)14-20(19)25/h5-6,14,16,22,29H,2-4,7-13H2,1H3. The average molecular weight is 418 g/mol. The SMILES string of the molecule is Cc1nc2n(c(=O)c1CCN1CCC(C(O)c3ccc(F)cc3F)CC1)CCCC2. The quantitative estimate of drug-likeness (QED) is 0.812. The van der Waals surface area contributed by atoms with Crippen molar-refractivity contribution in [3.05, 3.63) is 62.8 Å². The molecule has 2 aliphatic heterocycles. The van der Waals surface area contributed by atoms with E-state index in [1.54, 1.807) is 0 Å². The topological polar surface area (TPSA) is 58.4 Å². The molecule has 1 aromatic heterocycles. The second-order valence-electron chi connectivity index (χ2n) is 8.55. The summed E-state index contributed by atoms with van der Waals surface area (Å²) in [5, 5.41) is 10.6. The van der Waals surface area contributed by atoms with Crippen molar-refractivity contribution in [1.29, 1.82) is 0 Å². The van der Waals surface area contributed by atoms with E-state index in [0.717, 1.165) is 81.4 Å². The lowest BCUT2D eigenvalue weighted by atomic mass is 9.87. The number of aromatic nitrogens is 2. The highest BCUT2D eigenvalue weighted by atomic mass is 19.1. The van der Waals surface area contributed by atoms with Gasteiger partial charge >= 0.3 is 0 Å². The van der Waals surface area contributed by atoms with E-state index in [0.29, 0.717) is 6.42 Å². The van der Waals surface area contributed by atoms with E-state index >= 15 is 0 Å². The molecule has 3 heterocycles. The van der Waals surface area contributed by atoms with Crippen LogP contribution in [0.4, 0.5) is 8.78 Å². The van der Waals surface area contributed by atoms with Crippen LogP contribution in [-0.2, 0) is 19.4 Å². The van der Waals surface area contributed by atoms with Crippen LogP contribution in [-0.4, -0.2) is 39.2 Å². The molecular formula is C23H29F2N3O2. The maximum Gasteiger partial charge on any atom is 0.256 e. The van der Waals surface area contributed by atoms with Crippen LogP contribution >= 0.6 is 0 Å². The summed E-state index contributed by atoms with van der Waals surface area (Å²) in [6.07, 6.45) is 4.20. The van der Waals surface area contributed by atoms with E-state index in [9.17, 15) is 18.7 Å². The third kappa shape index (κ3) is 4.32. The molecule has 30 heavy (non-hydrogen) atoms. The molecule has 0 aliphatic carbocycles. The maximum absolute atomic E-state index is 14.0. The molecule has 2 aromatic rings. The Morgan fingerprint density at radius 3 is 2.70 bits per heavy atom. The van der Waals surface area contributed by atoms with Gasteiger partial charge in [-0.15, -0.1) is 0 Å². The van der Waals surface area contributed by atoms with Crippen molar-refractivity contribution in [3.63, 3.8) is 0 Å². The molecule has 2 aliphatic rings. The van der Waals surface area contributed by atoms with Gasteiger partial charge in [-0.25, -0.2) is 13.8 Å². The monoisotopic (exact) mass is 417 g/mol. The first-order valence-corrected chi connectivity index (χ1v) is 10.9. The Morgan fingerprint density at radius 2 is 1.97 bits per heavy atom. The lowest BCUT2D eigenvalue weighted by molar-refractivity contribution is 0.0567. The molecule has 0 bridgehead atoms. The van der Waals surface area contributed by atoms with E-state index in [4.69, 9.17) is 0 Å². The molecule has 0 spiro atoms. The summed E-state index contributed by atoms with van der Waals surface area (Å²) in [5.74, 6) is -0.476. The van der Waals surface area contributed by atoms with E-state index in [2.05, 4.69) is 9.88 Å². The largest absolute Gasteiger partial charge is 0.388 e. The number of aryl methyl sites for hydroxylation is 2. The van der Waals surface area contributed by atoms with Crippen molar-refractivity contribution in [2.45, 2.75) is 58.1 Å². The molecule has 1 unspecified atom stereocenters. The summed E-state index contributed by atoms with van der Waals surface area (Å²) < 4.78 is 29.0. The zero-order valence-corrected chi connectivity index (χ0v) is 17.4. The van der Waals surface area contributed by atoms with Crippen LogP contribution in [0.2, 0.25) is 0 Å². The molecule has 4 rings (SSSR count). The molecule has 7 heteroatoms. The average Bonchev–Trinajstić information content (AvgIpc) is 2.73. The summed E-state index contributed by atoms with van der Waals surface area (Å²) in [7, 11) is 0. The van der Waals surface area contributed by atoms with Crippen LogP contribution in [0.5, 0.6) is 0 Å². The third-order valence-corrected chi connectivity index (χ3v) is 6.62. The van der Waals surface area contributed by atoms with Crippen molar-refractivity contribution < 1.29 is 13.9 Å². The van der Waals surface area contributed by atoms with Gasteiger partial charge in [0.15, 0.2) is 0 Å². The zero-order valence-electron chi connectivity index (χ0n) is 17.4. The molecule has 1 saturated heterocycles. The fraction of sp³-hybridized carbons (Fsp3) is 0.565. The number of nitrogens with zero attached hydrogens (tertiary/aromatic N) is 3. The Morgan fingerprint density at radius 1 is 1.20 bits per heavy atom. The molecule has 0 saturated carbocycles. The van der Waals surface area contributed by atoms with Gasteiger partial charge in [-0.3, -0.25) is 9.36 Å². The summed E-state index contributed by atoms with van der Waals surface area (Å²) >= 11 is 0. The Bertz CT molecular complexity index is 968. The summed E-state index contributed by atoms with van der Waals surface area (Å²) in [6.45, 7) is 5.01. The van der Waals surface area contributed by atoms with Crippen molar-refractivity contribution in [2.75, 3.05) is 19.6 Å². The van der Waals surface area contributed by atoms with Crippen LogP contribution in [0.25, 0.3) is 0 Å². The predicted octanol–water partition coefficient (Wildman–Crippen LogP) is 3.15. The molecule has 1 aromatic carbocycles. The van der Waals surface area contributed by atoms with Crippen LogP contribution in [0, 0.1) is 24.5 Å². The number of aliphatic hydroxyl groups excluding tert-OH is 1. The number of rotatable bonds is 5. The first-order valence-electron chi connectivity index (χ1n) is 10.9. The number of hydrogen-bond donors (Lipinski definition) is 1. The van der Waals surface area contributed by atoms with Gasteiger partial charge in [-0.1, -0.05) is 6.07 Å². The Labute approximate surface area is 175 Å². The van der Waals surface area contributed by atoms with Gasteiger partial charge in [0.1, 0.15) is 17.5 Å². The van der Waals surface area contributed by atoms with Crippen molar-refractivity contribution >= 4 is 0 Å². The van der Waals surface area contributed by atoms with Crippen LogP contribution in [0.15, 0.2) is 23.0 Å². The highest BCUT2D eigenvalue weighted by molar-refractivity contribution is 5.22. The predicted molar refractivity (Wildman–Crippen MR) is 110 cm³/mol. The molecule has 0 amide bonds. The normalized spacial score (nSPS) is 18.9. The van der Waals surface area contributed by atoms with Crippen molar-refractivity contribution in [1.82, 2.24) is 14.5 Å². The minimum absolute atomic E-state index is 0.0565. The lowest BCUT2D eigenvalue weighted by Crippen LogP contribution is -2.38. The third-order valence-electron chi connectivity index (χ3n) is 6.62. The van der Waals surface area contributed by atoms with E-state index < -0.39 is 17.7 Å². The fourth-order valence-corrected chi connectivity index (χ4v) is 4.78. The Hall–Kier alpha value is -2.12. The maximum atomic E-state index is 14.0. The summed E-state index contributed by atoms with van der Waals surface area (Å²) in [5.41, 5.74) is 1.91. The Kier molecular flexibility index (Phi) is 6.29. The number of fused-ring (bicyclic) bond motifs is 1. The van der Waals surface area contributed by atoms with Crippen molar-refractivity contribution in [3.8, 4) is 0 Å². The van der Waals surface area contributed by atoms with E-state index in [1.807, 2.05) is 11.5 Å². The molecule has 1 atom stereocenters. The molecule has 0 radical (unpaired) electrons. The molecule has 162 valence electrons. The Balaban J connectivity index is 1.35. The summed E-state index contributed by atoms with van der Waals surface area (Å²) in [4.78, 5) is 19.8. The van der Waals surface area contributed by atoms with Gasteiger partial charge in [-0.2, -0.15) is 0 Å². The minimum Gasteiger partial charge on any atom is -0.388 e. The highest BCUT2D eigenvalue weighted by Gasteiger charge is 2.28. The van der Waals surface area contributed by atoms with Crippen LogP contribution < -0.4 is 5.56 Å². The molecular weight excluding hydrogens is 388 g/mol. The summed E-state index contributed by atoms with van der Waals surface area (Å²) in [6, 6.07) is 3.34. The smallest absolute Gasteiger partial charge is 0.256 e. The number of aliphatic hydroxyl groups is 1. The number of halogens is 2. The molecule has 1 N–H and O–H groups in total. The van der Waals surface area contributed by atoms with E-state index in [-0.39, 0.29) is 17.0 Å².